The molecule has 1 aliphatic heterocycles. The number of halogens is 3. The molecule has 2 aromatic heterocycles. The molecule has 0 radical (unpaired) electrons. The summed E-state index contributed by atoms with van der Waals surface area (Å²) < 4.78 is 42.2. The number of pyridine rings is 1. The van der Waals surface area contributed by atoms with Gasteiger partial charge in [0.15, 0.2) is 0 Å². The van der Waals surface area contributed by atoms with E-state index in [9.17, 15) is 18.0 Å². The van der Waals surface area contributed by atoms with E-state index in [4.69, 9.17) is 0 Å². The molecule has 1 aliphatic rings. The number of benzene rings is 1. The molecule has 0 aliphatic carbocycles. The van der Waals surface area contributed by atoms with Crippen molar-refractivity contribution in [1.82, 2.24) is 4.98 Å². The number of fused-ring (bicyclic) bond motifs is 1. The summed E-state index contributed by atoms with van der Waals surface area (Å²) in [6.07, 6.45) is -1.67. The molecule has 4 rings (SSSR count). The molecular weight excluding hydrogens is 415 g/mol. The molecule has 1 amide bonds. The number of hydrogen-bond donors (Lipinski definition) is 1. The fraction of sp³-hybridized carbons (Fsp3) is 0.333. The Bertz CT molecular complexity index is 1060. The Labute approximate surface area is 175 Å². The average molecular weight is 435 g/mol. The summed E-state index contributed by atoms with van der Waals surface area (Å²) in [7, 11) is 0. The van der Waals surface area contributed by atoms with Crippen LogP contribution in [0.1, 0.15) is 17.7 Å². The predicted octanol–water partition coefficient (Wildman–Crippen LogP) is 5.36. The Morgan fingerprint density at radius 3 is 2.73 bits per heavy atom. The Hall–Kier alpha value is -2.81. The monoisotopic (exact) mass is 435 g/mol. The number of carbonyl (C=O) groups excluding carboxylic acids is 1. The molecule has 1 aromatic carbocycles. The largest absolute Gasteiger partial charge is 0.573 e. The third-order valence-electron chi connectivity index (χ3n) is 5.05. The second-order valence-electron chi connectivity index (χ2n) is 7.23. The van der Waals surface area contributed by atoms with Crippen molar-refractivity contribution < 1.29 is 22.7 Å². The molecule has 158 valence electrons. The number of piperidine rings is 1. The zero-order valence-electron chi connectivity index (χ0n) is 16.2. The van der Waals surface area contributed by atoms with Gasteiger partial charge in [-0.1, -0.05) is 6.07 Å². The van der Waals surface area contributed by atoms with E-state index >= 15 is 0 Å². The molecule has 0 unspecified atom stereocenters. The van der Waals surface area contributed by atoms with E-state index in [2.05, 4.69) is 32.9 Å². The van der Waals surface area contributed by atoms with Crippen LogP contribution in [-0.2, 0) is 4.79 Å². The first-order chi connectivity index (χ1) is 14.3. The van der Waals surface area contributed by atoms with Crippen LogP contribution in [0.15, 0.2) is 42.6 Å². The van der Waals surface area contributed by atoms with Gasteiger partial charge in [-0.05, 0) is 44.0 Å². The summed E-state index contributed by atoms with van der Waals surface area (Å²) in [5, 5.41) is 3.84. The summed E-state index contributed by atoms with van der Waals surface area (Å²) in [4.78, 5) is 20.6. The highest BCUT2D eigenvalue weighted by Gasteiger charge is 2.31. The lowest BCUT2D eigenvalue weighted by atomic mass is 9.95. The number of aromatic nitrogens is 1. The van der Waals surface area contributed by atoms with E-state index in [1.165, 1.54) is 27.8 Å². The van der Waals surface area contributed by atoms with E-state index in [1.54, 1.807) is 17.4 Å². The number of aryl methyl sites for hydroxylation is 1. The van der Waals surface area contributed by atoms with Gasteiger partial charge < -0.3 is 15.0 Å². The molecule has 0 spiro atoms. The van der Waals surface area contributed by atoms with Gasteiger partial charge in [-0.15, -0.1) is 24.5 Å². The number of ether oxygens (including phenoxy) is 1. The number of alkyl halides is 3. The molecule has 0 bridgehead atoms. The summed E-state index contributed by atoms with van der Waals surface area (Å²) in [5.41, 5.74) is 0.282. The third-order valence-corrected chi connectivity index (χ3v) is 6.06. The van der Waals surface area contributed by atoms with Crippen molar-refractivity contribution in [2.24, 2.45) is 5.92 Å². The Morgan fingerprint density at radius 1 is 1.23 bits per heavy atom. The first-order valence-corrected chi connectivity index (χ1v) is 10.4. The standard InChI is InChI=1S/C21H20F3N3O2S/c1-13-11-17-18(30-13)5-8-25-19(17)27-9-6-14(7-10-27)20(28)26-15-3-2-4-16(12-15)29-21(22,23)24/h2-5,8,11-12,14H,6-7,9-10H2,1H3,(H,26,28). The number of thiophene rings is 1. The fourth-order valence-corrected chi connectivity index (χ4v) is 4.61. The molecule has 1 fully saturated rings. The molecule has 3 heterocycles. The van der Waals surface area contributed by atoms with Crippen LogP contribution < -0.4 is 15.0 Å². The lowest BCUT2D eigenvalue weighted by molar-refractivity contribution is -0.274. The van der Waals surface area contributed by atoms with Gasteiger partial charge in [0.1, 0.15) is 11.6 Å². The maximum Gasteiger partial charge on any atom is 0.573 e. The van der Waals surface area contributed by atoms with Crippen LogP contribution in [0.4, 0.5) is 24.7 Å². The Balaban J connectivity index is 1.38. The molecule has 0 atom stereocenters. The van der Waals surface area contributed by atoms with Crippen LogP contribution in [0.25, 0.3) is 10.1 Å². The van der Waals surface area contributed by atoms with Gasteiger partial charge in [-0.3, -0.25) is 4.79 Å². The predicted molar refractivity (Wildman–Crippen MR) is 111 cm³/mol. The SMILES string of the molecule is Cc1cc2c(N3CCC(C(=O)Nc4cccc(OC(F)(F)F)c4)CC3)nccc2s1. The minimum Gasteiger partial charge on any atom is -0.406 e. The summed E-state index contributed by atoms with van der Waals surface area (Å²) in [6.45, 7) is 3.45. The summed E-state index contributed by atoms with van der Waals surface area (Å²) in [5.74, 6) is 0.168. The smallest absolute Gasteiger partial charge is 0.406 e. The highest BCUT2D eigenvalue weighted by Crippen LogP contribution is 2.33. The van der Waals surface area contributed by atoms with Gasteiger partial charge in [0.05, 0.1) is 0 Å². The van der Waals surface area contributed by atoms with Crippen molar-refractivity contribution in [3.63, 3.8) is 0 Å². The van der Waals surface area contributed by atoms with Crippen LogP contribution in [0.2, 0.25) is 0 Å². The molecular formula is C21H20F3N3O2S. The van der Waals surface area contributed by atoms with Crippen LogP contribution >= 0.6 is 11.3 Å². The minimum absolute atomic E-state index is 0.198. The second-order valence-corrected chi connectivity index (χ2v) is 8.52. The van der Waals surface area contributed by atoms with Crippen molar-refractivity contribution in [1.29, 1.82) is 0 Å². The third kappa shape index (κ3) is 4.67. The highest BCUT2D eigenvalue weighted by atomic mass is 32.1. The molecule has 0 saturated carbocycles. The summed E-state index contributed by atoms with van der Waals surface area (Å²) in [6, 6.07) is 9.46. The zero-order chi connectivity index (χ0) is 21.3. The van der Waals surface area contributed by atoms with Crippen LogP contribution in [-0.4, -0.2) is 30.3 Å². The number of anilines is 2. The number of carbonyl (C=O) groups is 1. The van der Waals surface area contributed by atoms with E-state index in [-0.39, 0.29) is 23.3 Å². The van der Waals surface area contributed by atoms with Crippen LogP contribution in [0.3, 0.4) is 0 Å². The van der Waals surface area contributed by atoms with E-state index in [0.29, 0.717) is 25.9 Å². The number of amides is 1. The van der Waals surface area contributed by atoms with Crippen LogP contribution in [0, 0.1) is 12.8 Å². The van der Waals surface area contributed by atoms with Gasteiger partial charge in [0.25, 0.3) is 0 Å². The van der Waals surface area contributed by atoms with E-state index in [1.807, 2.05) is 12.3 Å². The molecule has 1 N–H and O–H groups in total. The number of rotatable bonds is 4. The normalized spacial score (nSPS) is 15.4. The Morgan fingerprint density at radius 2 is 2.00 bits per heavy atom. The maximum absolute atomic E-state index is 12.6. The zero-order valence-corrected chi connectivity index (χ0v) is 17.0. The molecule has 9 heteroatoms. The van der Waals surface area contributed by atoms with Crippen molar-refractivity contribution in [2.75, 3.05) is 23.3 Å². The van der Waals surface area contributed by atoms with Crippen molar-refractivity contribution in [3.05, 3.63) is 47.5 Å². The number of hydrogen-bond acceptors (Lipinski definition) is 5. The van der Waals surface area contributed by atoms with Gasteiger partial charge in [0, 0.05) is 51.9 Å². The van der Waals surface area contributed by atoms with Crippen LogP contribution in [0.5, 0.6) is 5.75 Å². The molecule has 3 aromatic rings. The fourth-order valence-electron chi connectivity index (χ4n) is 3.70. The topological polar surface area (TPSA) is 54.5 Å². The van der Waals surface area contributed by atoms with Gasteiger partial charge >= 0.3 is 6.36 Å². The van der Waals surface area contributed by atoms with E-state index < -0.39 is 6.36 Å². The Kier molecular flexibility index (Phi) is 5.55. The van der Waals surface area contributed by atoms with Gasteiger partial charge in [-0.2, -0.15) is 0 Å². The molecule has 5 nitrogen and oxygen atoms in total. The quantitative estimate of drug-likeness (QED) is 0.600. The lowest BCUT2D eigenvalue weighted by Gasteiger charge is -2.32. The van der Waals surface area contributed by atoms with E-state index in [0.717, 1.165) is 11.2 Å². The average Bonchev–Trinajstić information content (AvgIpc) is 3.07. The summed E-state index contributed by atoms with van der Waals surface area (Å²) >= 11 is 1.73. The second kappa shape index (κ2) is 8.14. The lowest BCUT2D eigenvalue weighted by Crippen LogP contribution is -2.38. The van der Waals surface area contributed by atoms with Gasteiger partial charge in [0.2, 0.25) is 5.91 Å². The first kappa shape index (κ1) is 20.5. The maximum atomic E-state index is 12.6. The highest BCUT2D eigenvalue weighted by molar-refractivity contribution is 7.19. The molecule has 30 heavy (non-hydrogen) atoms. The number of nitrogens with one attached hydrogen (secondary N) is 1. The minimum atomic E-state index is -4.77. The van der Waals surface area contributed by atoms with Crippen molar-refractivity contribution >= 4 is 38.8 Å². The van der Waals surface area contributed by atoms with Crippen molar-refractivity contribution in [2.45, 2.75) is 26.1 Å². The van der Waals surface area contributed by atoms with Gasteiger partial charge in [-0.25, -0.2) is 4.98 Å². The van der Waals surface area contributed by atoms with Crippen molar-refractivity contribution in [3.8, 4) is 5.75 Å². The first-order valence-electron chi connectivity index (χ1n) is 9.55. The number of nitrogens with zero attached hydrogens (tertiary/aromatic N) is 2. The molecule has 1 saturated heterocycles.